The summed E-state index contributed by atoms with van der Waals surface area (Å²) in [7, 11) is 0. The van der Waals surface area contributed by atoms with E-state index in [1.807, 2.05) is 4.68 Å². The van der Waals surface area contributed by atoms with Crippen LogP contribution in [0.5, 0.6) is 0 Å². The van der Waals surface area contributed by atoms with E-state index in [2.05, 4.69) is 15.5 Å². The van der Waals surface area contributed by atoms with Crippen molar-refractivity contribution in [1.82, 2.24) is 20.2 Å². The Kier molecular flexibility index (Phi) is 4.58. The zero-order valence-corrected chi connectivity index (χ0v) is 14.9. The van der Waals surface area contributed by atoms with E-state index in [1.165, 1.54) is 30.7 Å². The fourth-order valence-corrected chi connectivity index (χ4v) is 4.44. The van der Waals surface area contributed by atoms with Crippen LogP contribution in [-0.4, -0.2) is 43.3 Å². The van der Waals surface area contributed by atoms with Crippen LogP contribution in [0.25, 0.3) is 0 Å². The van der Waals surface area contributed by atoms with Gasteiger partial charge in [0.05, 0.1) is 16.7 Å². The average Bonchev–Trinajstić information content (AvgIpc) is 3.38. The van der Waals surface area contributed by atoms with Gasteiger partial charge in [0.1, 0.15) is 0 Å². The number of nitro benzene ring substituents is 1. The molecule has 2 aromatic rings. The molecule has 26 heavy (non-hydrogen) atoms. The average molecular weight is 374 g/mol. The molecule has 1 fully saturated rings. The normalized spacial score (nSPS) is 16.8. The number of hydrogen-bond acceptors (Lipinski definition) is 7. The number of fused-ring (bicyclic) bond motifs is 1. The Hall–Kier alpha value is -2.49. The van der Waals surface area contributed by atoms with Gasteiger partial charge < -0.3 is 4.90 Å². The maximum Gasteiger partial charge on any atom is 0.269 e. The Morgan fingerprint density at radius 2 is 2.15 bits per heavy atom. The van der Waals surface area contributed by atoms with Crippen molar-refractivity contribution in [1.29, 1.82) is 0 Å². The highest BCUT2D eigenvalue weighted by molar-refractivity contribution is 7.99. The van der Waals surface area contributed by atoms with Gasteiger partial charge in [0.15, 0.2) is 0 Å². The minimum absolute atomic E-state index is 0.0384. The molecule has 136 valence electrons. The molecular weight excluding hydrogens is 356 g/mol. The first kappa shape index (κ1) is 17.0. The SMILES string of the molecule is O=C(CSc1nnnn1C1CCCC1)N1CCc2cc([N+](=O)[O-])ccc21. The number of carbonyl (C=O) groups excluding carboxylic acids is 1. The van der Waals surface area contributed by atoms with E-state index < -0.39 is 4.92 Å². The standard InChI is InChI=1S/C16H18N6O3S/c23-15(10-26-16-17-18-19-21(16)12-3-1-2-4-12)20-8-7-11-9-13(22(24)25)5-6-14(11)20/h5-6,9,12H,1-4,7-8,10H2. The summed E-state index contributed by atoms with van der Waals surface area (Å²) in [6, 6.07) is 4.98. The van der Waals surface area contributed by atoms with E-state index in [-0.39, 0.29) is 17.3 Å². The van der Waals surface area contributed by atoms with Crippen LogP contribution in [0.3, 0.4) is 0 Å². The third-order valence-electron chi connectivity index (χ3n) is 4.93. The second-order valence-electron chi connectivity index (χ2n) is 6.50. The zero-order chi connectivity index (χ0) is 18.1. The van der Waals surface area contributed by atoms with Crippen LogP contribution in [-0.2, 0) is 11.2 Å². The number of rotatable bonds is 5. The number of benzene rings is 1. The number of nitro groups is 1. The number of amides is 1. The molecule has 0 unspecified atom stereocenters. The fraction of sp³-hybridized carbons (Fsp3) is 0.500. The molecule has 0 atom stereocenters. The molecule has 0 spiro atoms. The van der Waals surface area contributed by atoms with Crippen LogP contribution in [0.1, 0.15) is 37.3 Å². The number of aromatic nitrogens is 4. The maximum atomic E-state index is 12.6. The fourth-order valence-electron chi connectivity index (χ4n) is 3.62. The molecule has 2 aliphatic rings. The summed E-state index contributed by atoms with van der Waals surface area (Å²) in [6.07, 6.45) is 5.15. The number of thioether (sulfide) groups is 1. The Labute approximate surface area is 153 Å². The van der Waals surface area contributed by atoms with Gasteiger partial charge in [-0.2, -0.15) is 0 Å². The van der Waals surface area contributed by atoms with Crippen LogP contribution in [0, 0.1) is 10.1 Å². The lowest BCUT2D eigenvalue weighted by atomic mass is 10.1. The van der Waals surface area contributed by atoms with Crippen LogP contribution in [0.15, 0.2) is 23.4 Å². The van der Waals surface area contributed by atoms with Gasteiger partial charge >= 0.3 is 0 Å². The lowest BCUT2D eigenvalue weighted by Gasteiger charge is -2.17. The minimum Gasteiger partial charge on any atom is -0.311 e. The number of nitrogens with zero attached hydrogens (tertiary/aromatic N) is 6. The van der Waals surface area contributed by atoms with E-state index in [0.717, 1.165) is 24.1 Å². The van der Waals surface area contributed by atoms with Gasteiger partial charge in [0, 0.05) is 24.4 Å². The van der Waals surface area contributed by atoms with Crippen molar-refractivity contribution < 1.29 is 9.72 Å². The molecule has 10 heteroatoms. The summed E-state index contributed by atoms with van der Waals surface area (Å²) in [5, 5.41) is 23.5. The smallest absolute Gasteiger partial charge is 0.269 e. The second kappa shape index (κ2) is 7.02. The molecule has 1 aliphatic heterocycles. The molecule has 0 bridgehead atoms. The van der Waals surface area contributed by atoms with Crippen molar-refractivity contribution in [3.8, 4) is 0 Å². The van der Waals surface area contributed by atoms with Gasteiger partial charge in [-0.25, -0.2) is 4.68 Å². The molecule has 2 heterocycles. The summed E-state index contributed by atoms with van der Waals surface area (Å²) >= 11 is 1.35. The van der Waals surface area contributed by atoms with E-state index in [1.54, 1.807) is 17.0 Å². The molecule has 9 nitrogen and oxygen atoms in total. The highest BCUT2D eigenvalue weighted by Gasteiger charge is 2.27. The van der Waals surface area contributed by atoms with Crippen LogP contribution >= 0.6 is 11.8 Å². The van der Waals surface area contributed by atoms with E-state index in [9.17, 15) is 14.9 Å². The Bertz CT molecular complexity index is 848. The number of tetrazole rings is 1. The van der Waals surface area contributed by atoms with Crippen molar-refractivity contribution in [2.75, 3.05) is 17.2 Å². The highest BCUT2D eigenvalue weighted by Crippen LogP contribution is 2.33. The molecule has 1 aliphatic carbocycles. The van der Waals surface area contributed by atoms with Crippen molar-refractivity contribution in [2.24, 2.45) is 0 Å². The first-order chi connectivity index (χ1) is 12.6. The third-order valence-corrected chi connectivity index (χ3v) is 5.85. The lowest BCUT2D eigenvalue weighted by molar-refractivity contribution is -0.384. The zero-order valence-electron chi connectivity index (χ0n) is 14.1. The van der Waals surface area contributed by atoms with E-state index >= 15 is 0 Å². The first-order valence-electron chi connectivity index (χ1n) is 8.62. The summed E-state index contributed by atoms with van der Waals surface area (Å²) in [4.78, 5) is 24.8. The summed E-state index contributed by atoms with van der Waals surface area (Å²) in [5.74, 6) is 0.201. The van der Waals surface area contributed by atoms with E-state index in [4.69, 9.17) is 0 Å². The van der Waals surface area contributed by atoms with Crippen LogP contribution in [0.2, 0.25) is 0 Å². The molecule has 1 aromatic carbocycles. The number of non-ortho nitro benzene ring substituents is 1. The van der Waals surface area contributed by atoms with Crippen molar-refractivity contribution in [3.63, 3.8) is 0 Å². The Balaban J connectivity index is 1.43. The van der Waals surface area contributed by atoms with Gasteiger partial charge in [-0.05, 0) is 41.3 Å². The van der Waals surface area contributed by atoms with Gasteiger partial charge in [-0.3, -0.25) is 14.9 Å². The van der Waals surface area contributed by atoms with Crippen molar-refractivity contribution in [3.05, 3.63) is 33.9 Å². The Morgan fingerprint density at radius 3 is 2.92 bits per heavy atom. The highest BCUT2D eigenvalue weighted by atomic mass is 32.2. The van der Waals surface area contributed by atoms with Crippen molar-refractivity contribution in [2.45, 2.75) is 43.3 Å². The topological polar surface area (TPSA) is 107 Å². The largest absolute Gasteiger partial charge is 0.311 e. The van der Waals surface area contributed by atoms with Gasteiger partial charge in [-0.15, -0.1) is 5.10 Å². The van der Waals surface area contributed by atoms with E-state index in [0.29, 0.717) is 24.2 Å². The summed E-state index contributed by atoms with van der Waals surface area (Å²) in [6.45, 7) is 0.545. The Morgan fingerprint density at radius 1 is 1.35 bits per heavy atom. The molecule has 1 amide bonds. The monoisotopic (exact) mass is 374 g/mol. The first-order valence-corrected chi connectivity index (χ1v) is 9.60. The number of anilines is 1. The lowest BCUT2D eigenvalue weighted by Crippen LogP contribution is -2.30. The molecule has 1 saturated carbocycles. The van der Waals surface area contributed by atoms with Crippen molar-refractivity contribution >= 4 is 29.0 Å². The third kappa shape index (κ3) is 3.16. The summed E-state index contributed by atoms with van der Waals surface area (Å²) in [5.41, 5.74) is 1.66. The molecular formula is C16H18N6O3S. The van der Waals surface area contributed by atoms with Gasteiger partial charge in [0.2, 0.25) is 11.1 Å². The molecule has 1 aromatic heterocycles. The minimum atomic E-state index is -0.413. The summed E-state index contributed by atoms with van der Waals surface area (Å²) < 4.78 is 1.84. The predicted octanol–water partition coefficient (Wildman–Crippen LogP) is 2.38. The predicted molar refractivity (Wildman–Crippen MR) is 95.2 cm³/mol. The quantitative estimate of drug-likeness (QED) is 0.449. The molecule has 0 saturated heterocycles. The maximum absolute atomic E-state index is 12.6. The van der Waals surface area contributed by atoms with Crippen LogP contribution in [0.4, 0.5) is 11.4 Å². The molecule has 4 rings (SSSR count). The molecule has 0 radical (unpaired) electrons. The molecule has 0 N–H and O–H groups in total. The van der Waals surface area contributed by atoms with Gasteiger partial charge in [-0.1, -0.05) is 24.6 Å². The van der Waals surface area contributed by atoms with Crippen LogP contribution < -0.4 is 4.90 Å². The number of carbonyl (C=O) groups is 1. The second-order valence-corrected chi connectivity index (χ2v) is 7.44. The van der Waals surface area contributed by atoms with Gasteiger partial charge in [0.25, 0.3) is 5.69 Å². The number of hydrogen-bond donors (Lipinski definition) is 0.